The van der Waals surface area contributed by atoms with Gasteiger partial charge in [-0.2, -0.15) is 0 Å². The lowest BCUT2D eigenvalue weighted by Gasteiger charge is -2.07. The summed E-state index contributed by atoms with van der Waals surface area (Å²) in [5, 5.41) is 3.94. The van der Waals surface area contributed by atoms with Crippen LogP contribution in [0.1, 0.15) is 26.0 Å². The second-order valence-electron chi connectivity index (χ2n) is 3.19. The summed E-state index contributed by atoms with van der Waals surface area (Å²) in [6.45, 7) is 6.34. The molecule has 84 valence electrons. The second-order valence-corrected chi connectivity index (χ2v) is 3.59. The van der Waals surface area contributed by atoms with Crippen LogP contribution in [0.5, 0.6) is 5.88 Å². The van der Waals surface area contributed by atoms with E-state index in [0.29, 0.717) is 24.1 Å². The van der Waals surface area contributed by atoms with Crippen molar-refractivity contribution < 1.29 is 4.74 Å². The first-order valence-electron chi connectivity index (χ1n) is 5.26. The van der Waals surface area contributed by atoms with Gasteiger partial charge in [0.2, 0.25) is 5.88 Å². The highest BCUT2D eigenvalue weighted by Crippen LogP contribution is 2.17. The molecule has 1 heterocycles. The first kappa shape index (κ1) is 12.3. The molecule has 0 radical (unpaired) electrons. The highest BCUT2D eigenvalue weighted by molar-refractivity contribution is 6.31. The molecule has 1 aromatic heterocycles. The molecule has 0 spiro atoms. The average molecular weight is 229 g/mol. The minimum atomic E-state index is 0.621. The maximum atomic E-state index is 6.02. The largest absolute Gasteiger partial charge is 0.478 e. The molecule has 0 bridgehead atoms. The molecule has 4 heteroatoms. The molecule has 0 saturated heterocycles. The number of ether oxygens (including phenoxy) is 1. The van der Waals surface area contributed by atoms with E-state index in [1.165, 1.54) is 0 Å². The van der Waals surface area contributed by atoms with Gasteiger partial charge >= 0.3 is 0 Å². The van der Waals surface area contributed by atoms with E-state index in [2.05, 4.69) is 17.2 Å². The van der Waals surface area contributed by atoms with Gasteiger partial charge in [-0.05, 0) is 26.0 Å². The lowest BCUT2D eigenvalue weighted by molar-refractivity contribution is 0.325. The Morgan fingerprint density at radius 2 is 2.20 bits per heavy atom. The molecule has 1 rings (SSSR count). The fourth-order valence-electron chi connectivity index (χ4n) is 1.20. The topological polar surface area (TPSA) is 34.2 Å². The Morgan fingerprint density at radius 3 is 2.87 bits per heavy atom. The highest BCUT2D eigenvalue weighted by atomic mass is 35.5. The van der Waals surface area contributed by atoms with Gasteiger partial charge in [0.1, 0.15) is 0 Å². The molecular formula is C11H17ClN2O. The Balaban J connectivity index is 2.63. The second kappa shape index (κ2) is 6.64. The van der Waals surface area contributed by atoms with Crippen molar-refractivity contribution in [1.82, 2.24) is 10.3 Å². The summed E-state index contributed by atoms with van der Waals surface area (Å²) in [7, 11) is 0. The van der Waals surface area contributed by atoms with Gasteiger partial charge in [-0.25, -0.2) is 4.98 Å². The molecule has 0 aliphatic rings. The summed E-state index contributed by atoms with van der Waals surface area (Å²) in [5.41, 5.74) is 0.844. The normalized spacial score (nSPS) is 10.3. The molecule has 0 atom stereocenters. The van der Waals surface area contributed by atoms with Crippen molar-refractivity contribution in [2.45, 2.75) is 26.8 Å². The third-order valence-electron chi connectivity index (χ3n) is 1.90. The Kier molecular flexibility index (Phi) is 5.43. The molecule has 1 N–H and O–H groups in total. The number of halogens is 1. The van der Waals surface area contributed by atoms with Crippen LogP contribution in [0, 0.1) is 0 Å². The van der Waals surface area contributed by atoms with Crippen LogP contribution < -0.4 is 10.1 Å². The van der Waals surface area contributed by atoms with Gasteiger partial charge in [0.15, 0.2) is 0 Å². The number of hydrogen-bond acceptors (Lipinski definition) is 3. The van der Waals surface area contributed by atoms with E-state index in [-0.39, 0.29) is 0 Å². The van der Waals surface area contributed by atoms with E-state index in [9.17, 15) is 0 Å². The van der Waals surface area contributed by atoms with Crippen molar-refractivity contribution in [3.8, 4) is 5.88 Å². The van der Waals surface area contributed by atoms with Gasteiger partial charge in [-0.3, -0.25) is 0 Å². The lowest BCUT2D eigenvalue weighted by atomic mass is 10.3. The maximum absolute atomic E-state index is 6.02. The molecule has 0 fully saturated rings. The van der Waals surface area contributed by atoms with Crippen LogP contribution in [0.4, 0.5) is 0 Å². The number of rotatable bonds is 6. The molecule has 15 heavy (non-hydrogen) atoms. The average Bonchev–Trinajstić information content (AvgIpc) is 2.23. The third-order valence-corrected chi connectivity index (χ3v) is 2.25. The van der Waals surface area contributed by atoms with Gasteiger partial charge < -0.3 is 10.1 Å². The van der Waals surface area contributed by atoms with Crippen LogP contribution in [-0.4, -0.2) is 18.1 Å². The van der Waals surface area contributed by atoms with E-state index >= 15 is 0 Å². The molecule has 3 nitrogen and oxygen atoms in total. The summed E-state index contributed by atoms with van der Waals surface area (Å²) >= 11 is 6.02. The predicted molar refractivity (Wildman–Crippen MR) is 62.4 cm³/mol. The summed E-state index contributed by atoms with van der Waals surface area (Å²) < 4.78 is 5.31. The summed E-state index contributed by atoms with van der Waals surface area (Å²) in [6.07, 6.45) is 1.10. The highest BCUT2D eigenvalue weighted by Gasteiger charge is 2.03. The number of hydrogen-bond donors (Lipinski definition) is 1. The number of pyridine rings is 1. The van der Waals surface area contributed by atoms with E-state index in [4.69, 9.17) is 16.3 Å². The van der Waals surface area contributed by atoms with Crippen LogP contribution >= 0.6 is 11.6 Å². The van der Waals surface area contributed by atoms with Gasteiger partial charge in [-0.15, -0.1) is 0 Å². The van der Waals surface area contributed by atoms with Crippen molar-refractivity contribution in [2.75, 3.05) is 13.2 Å². The molecular weight excluding hydrogens is 212 g/mol. The van der Waals surface area contributed by atoms with Crippen molar-refractivity contribution in [3.05, 3.63) is 22.8 Å². The van der Waals surface area contributed by atoms with Gasteiger partial charge in [0.25, 0.3) is 0 Å². The van der Waals surface area contributed by atoms with Crippen LogP contribution in [0.3, 0.4) is 0 Å². The Morgan fingerprint density at radius 1 is 1.40 bits per heavy atom. The molecule has 0 amide bonds. The number of nitrogens with one attached hydrogen (secondary N) is 1. The molecule has 0 aliphatic heterocycles. The molecule has 0 aromatic carbocycles. The minimum Gasteiger partial charge on any atom is -0.478 e. The van der Waals surface area contributed by atoms with E-state index in [0.717, 1.165) is 18.7 Å². The lowest BCUT2D eigenvalue weighted by Crippen LogP contribution is -2.15. The first-order chi connectivity index (χ1) is 7.27. The quantitative estimate of drug-likeness (QED) is 0.761. The molecule has 1 aromatic rings. The van der Waals surface area contributed by atoms with Crippen LogP contribution in [-0.2, 0) is 6.54 Å². The molecule has 0 unspecified atom stereocenters. The fraction of sp³-hybridized carbons (Fsp3) is 0.545. The third kappa shape index (κ3) is 4.06. The SMILES string of the molecule is CCCNCc1nc(OCC)ccc1Cl. The fourth-order valence-corrected chi connectivity index (χ4v) is 1.37. The standard InChI is InChI=1S/C11H17ClN2O/c1-3-7-13-8-10-9(12)5-6-11(14-10)15-4-2/h5-6,13H,3-4,7-8H2,1-2H3. The number of nitrogens with zero attached hydrogens (tertiary/aromatic N) is 1. The Labute approximate surface area is 95.8 Å². The van der Waals surface area contributed by atoms with Gasteiger partial charge in [0.05, 0.1) is 17.3 Å². The van der Waals surface area contributed by atoms with Crippen LogP contribution in [0.25, 0.3) is 0 Å². The van der Waals surface area contributed by atoms with Crippen molar-refractivity contribution in [2.24, 2.45) is 0 Å². The maximum Gasteiger partial charge on any atom is 0.213 e. The first-order valence-corrected chi connectivity index (χ1v) is 5.64. The zero-order valence-electron chi connectivity index (χ0n) is 9.22. The predicted octanol–water partition coefficient (Wildman–Crippen LogP) is 2.63. The van der Waals surface area contributed by atoms with Gasteiger partial charge in [0, 0.05) is 12.6 Å². The summed E-state index contributed by atoms with van der Waals surface area (Å²) in [4.78, 5) is 4.32. The van der Waals surface area contributed by atoms with Crippen molar-refractivity contribution in [3.63, 3.8) is 0 Å². The smallest absolute Gasteiger partial charge is 0.213 e. The minimum absolute atomic E-state index is 0.621. The summed E-state index contributed by atoms with van der Waals surface area (Å²) in [6, 6.07) is 3.61. The molecule has 0 saturated carbocycles. The van der Waals surface area contributed by atoms with Crippen LogP contribution in [0.2, 0.25) is 5.02 Å². The van der Waals surface area contributed by atoms with Gasteiger partial charge in [-0.1, -0.05) is 18.5 Å². The Bertz CT molecular complexity index is 305. The van der Waals surface area contributed by atoms with Crippen LogP contribution in [0.15, 0.2) is 12.1 Å². The van der Waals surface area contributed by atoms with E-state index < -0.39 is 0 Å². The molecule has 0 aliphatic carbocycles. The monoisotopic (exact) mass is 228 g/mol. The zero-order valence-corrected chi connectivity index (χ0v) is 9.97. The summed E-state index contributed by atoms with van der Waals surface area (Å²) in [5.74, 6) is 0.634. The Hall–Kier alpha value is -0.800. The van der Waals surface area contributed by atoms with Crippen molar-refractivity contribution in [1.29, 1.82) is 0 Å². The van der Waals surface area contributed by atoms with Crippen molar-refractivity contribution >= 4 is 11.6 Å². The zero-order chi connectivity index (χ0) is 11.1. The van der Waals surface area contributed by atoms with E-state index in [1.54, 1.807) is 6.07 Å². The van der Waals surface area contributed by atoms with E-state index in [1.807, 2.05) is 13.0 Å². The number of aromatic nitrogens is 1.